The Morgan fingerprint density at radius 2 is 1.90 bits per heavy atom. The van der Waals surface area contributed by atoms with Crippen molar-refractivity contribution < 1.29 is 23.1 Å². The molecule has 0 bridgehead atoms. The SMILES string of the molecule is CCOc1cc(C=Nc2oc(-c3ccco3)c(-c3ccco3)c2C#N)ccc1O. The van der Waals surface area contributed by atoms with Gasteiger partial charge in [-0.3, -0.25) is 0 Å². The summed E-state index contributed by atoms with van der Waals surface area (Å²) in [4.78, 5) is 4.34. The third-order valence-corrected chi connectivity index (χ3v) is 4.13. The van der Waals surface area contributed by atoms with E-state index in [9.17, 15) is 10.4 Å². The van der Waals surface area contributed by atoms with Crippen molar-refractivity contribution in [2.24, 2.45) is 4.99 Å². The molecule has 3 aromatic heterocycles. The Morgan fingerprint density at radius 3 is 2.55 bits per heavy atom. The number of aliphatic imine (C=N–C) groups is 1. The molecule has 0 fully saturated rings. The van der Waals surface area contributed by atoms with Crippen LogP contribution in [-0.2, 0) is 0 Å². The molecule has 1 N–H and O–H groups in total. The van der Waals surface area contributed by atoms with Crippen molar-refractivity contribution in [2.45, 2.75) is 6.92 Å². The molecule has 0 amide bonds. The second-order valence-corrected chi connectivity index (χ2v) is 5.97. The van der Waals surface area contributed by atoms with Gasteiger partial charge in [0.15, 0.2) is 23.0 Å². The summed E-state index contributed by atoms with van der Waals surface area (Å²) in [6.45, 7) is 2.25. The maximum Gasteiger partial charge on any atom is 0.238 e. The van der Waals surface area contributed by atoms with Crippen molar-refractivity contribution in [1.82, 2.24) is 0 Å². The zero-order chi connectivity index (χ0) is 20.2. The molecule has 4 aromatic rings. The fraction of sp³-hybridized carbons (Fsp3) is 0.0909. The van der Waals surface area contributed by atoms with Crippen molar-refractivity contribution in [2.75, 3.05) is 6.61 Å². The quantitative estimate of drug-likeness (QED) is 0.436. The average Bonchev–Trinajstić information content (AvgIpc) is 3.48. The smallest absolute Gasteiger partial charge is 0.238 e. The van der Waals surface area contributed by atoms with E-state index >= 15 is 0 Å². The monoisotopic (exact) mass is 388 g/mol. The maximum absolute atomic E-state index is 9.83. The predicted molar refractivity (Wildman–Crippen MR) is 105 cm³/mol. The highest BCUT2D eigenvalue weighted by molar-refractivity contribution is 5.87. The third-order valence-electron chi connectivity index (χ3n) is 4.13. The average molecular weight is 388 g/mol. The van der Waals surface area contributed by atoms with Crippen LogP contribution in [0.4, 0.5) is 5.88 Å². The molecule has 29 heavy (non-hydrogen) atoms. The lowest BCUT2D eigenvalue weighted by Gasteiger charge is -2.05. The van der Waals surface area contributed by atoms with Crippen molar-refractivity contribution >= 4 is 12.1 Å². The molecule has 0 saturated heterocycles. The highest BCUT2D eigenvalue weighted by atomic mass is 16.5. The molecule has 0 atom stereocenters. The molecular formula is C22H16N2O5. The van der Waals surface area contributed by atoms with Crippen LogP contribution in [0, 0.1) is 11.3 Å². The number of nitrogens with zero attached hydrogens (tertiary/aromatic N) is 2. The summed E-state index contributed by atoms with van der Waals surface area (Å²) in [6.07, 6.45) is 4.56. The summed E-state index contributed by atoms with van der Waals surface area (Å²) < 4.78 is 22.2. The number of aromatic hydroxyl groups is 1. The van der Waals surface area contributed by atoms with Crippen LogP contribution in [0.2, 0.25) is 0 Å². The molecule has 1 aromatic carbocycles. The first-order valence-electron chi connectivity index (χ1n) is 8.85. The van der Waals surface area contributed by atoms with E-state index < -0.39 is 0 Å². The fourth-order valence-corrected chi connectivity index (χ4v) is 2.87. The topological polar surface area (TPSA) is 105 Å². The van der Waals surface area contributed by atoms with Gasteiger partial charge in [0, 0.05) is 6.21 Å². The summed E-state index contributed by atoms with van der Waals surface area (Å²) >= 11 is 0. The van der Waals surface area contributed by atoms with Crippen molar-refractivity contribution in [3.63, 3.8) is 0 Å². The Morgan fingerprint density at radius 1 is 1.14 bits per heavy atom. The summed E-state index contributed by atoms with van der Waals surface area (Å²) in [5.41, 5.74) is 1.37. The molecule has 7 nitrogen and oxygen atoms in total. The number of nitriles is 1. The van der Waals surface area contributed by atoms with Crippen LogP contribution in [0.25, 0.3) is 22.8 Å². The number of ether oxygens (including phenoxy) is 1. The number of hydrogen-bond acceptors (Lipinski definition) is 7. The van der Waals surface area contributed by atoms with Crippen LogP contribution in [0.15, 0.2) is 73.2 Å². The second kappa shape index (κ2) is 7.82. The van der Waals surface area contributed by atoms with Crippen molar-refractivity contribution in [3.05, 3.63) is 66.1 Å². The summed E-state index contributed by atoms with van der Waals surface area (Å²) in [5.74, 6) is 1.80. The minimum absolute atomic E-state index is 0.0416. The van der Waals surface area contributed by atoms with Gasteiger partial charge in [0.25, 0.3) is 0 Å². The third kappa shape index (κ3) is 3.51. The first-order valence-corrected chi connectivity index (χ1v) is 8.85. The van der Waals surface area contributed by atoms with Crippen LogP contribution in [0.5, 0.6) is 11.5 Å². The molecule has 0 unspecified atom stereocenters. The largest absolute Gasteiger partial charge is 0.504 e. The van der Waals surface area contributed by atoms with Gasteiger partial charge in [-0.15, -0.1) is 0 Å². The molecule has 3 heterocycles. The van der Waals surface area contributed by atoms with Crippen LogP contribution >= 0.6 is 0 Å². The van der Waals surface area contributed by atoms with E-state index in [1.165, 1.54) is 24.8 Å². The van der Waals surface area contributed by atoms with Gasteiger partial charge in [-0.2, -0.15) is 5.26 Å². The molecule has 144 valence electrons. The highest BCUT2D eigenvalue weighted by Gasteiger charge is 2.26. The minimum Gasteiger partial charge on any atom is -0.504 e. The van der Waals surface area contributed by atoms with E-state index in [0.717, 1.165) is 0 Å². The lowest BCUT2D eigenvalue weighted by molar-refractivity contribution is 0.318. The number of phenols is 1. The van der Waals surface area contributed by atoms with Crippen LogP contribution in [0.3, 0.4) is 0 Å². The fourth-order valence-electron chi connectivity index (χ4n) is 2.87. The van der Waals surface area contributed by atoms with Gasteiger partial charge in [-0.1, -0.05) is 0 Å². The van der Waals surface area contributed by atoms with Gasteiger partial charge in [-0.05, 0) is 55.0 Å². The van der Waals surface area contributed by atoms with Crippen LogP contribution in [-0.4, -0.2) is 17.9 Å². The van der Waals surface area contributed by atoms with Gasteiger partial charge in [0.05, 0.1) is 24.7 Å². The highest BCUT2D eigenvalue weighted by Crippen LogP contribution is 2.42. The maximum atomic E-state index is 9.83. The van der Waals surface area contributed by atoms with E-state index in [1.54, 1.807) is 36.4 Å². The lowest BCUT2D eigenvalue weighted by Crippen LogP contribution is -1.93. The minimum atomic E-state index is 0.0416. The Hall–Kier alpha value is -4.18. The van der Waals surface area contributed by atoms with Gasteiger partial charge in [0.1, 0.15) is 17.4 Å². The first-order chi connectivity index (χ1) is 14.2. The number of hydrogen-bond donors (Lipinski definition) is 1. The van der Waals surface area contributed by atoms with Crippen LogP contribution < -0.4 is 4.74 Å². The number of furan rings is 3. The molecule has 0 saturated carbocycles. The van der Waals surface area contributed by atoms with E-state index in [1.807, 2.05) is 6.92 Å². The Labute approximate surface area is 166 Å². The summed E-state index contributed by atoms with van der Waals surface area (Å²) in [5, 5.41) is 19.6. The number of rotatable bonds is 6. The van der Waals surface area contributed by atoms with Crippen molar-refractivity contribution in [1.29, 1.82) is 5.26 Å². The van der Waals surface area contributed by atoms with Gasteiger partial charge >= 0.3 is 0 Å². The standard InChI is InChI=1S/C22H16N2O5/c1-2-26-19-11-14(7-8-16(19)25)13-24-22-15(12-23)20(17-5-3-9-27-17)21(29-22)18-6-4-10-28-18/h3-11,13,25H,2H2,1H3. The van der Waals surface area contributed by atoms with E-state index in [0.29, 0.717) is 40.8 Å². The lowest BCUT2D eigenvalue weighted by atomic mass is 10.1. The molecule has 7 heteroatoms. The summed E-state index contributed by atoms with van der Waals surface area (Å²) in [6, 6.07) is 13.9. The number of phenolic OH excluding ortho intramolecular Hbond substituents is 1. The van der Waals surface area contributed by atoms with E-state index in [4.69, 9.17) is 18.0 Å². The molecule has 4 rings (SSSR count). The molecule has 0 spiro atoms. The molecule has 0 aliphatic heterocycles. The predicted octanol–water partition coefficient (Wildman–Crippen LogP) is 5.53. The zero-order valence-electron chi connectivity index (χ0n) is 15.5. The molecule has 0 aliphatic rings. The van der Waals surface area contributed by atoms with Gasteiger partial charge in [-0.25, -0.2) is 4.99 Å². The van der Waals surface area contributed by atoms with E-state index in [2.05, 4.69) is 11.1 Å². The first kappa shape index (κ1) is 18.2. The molecule has 0 aliphatic carbocycles. The van der Waals surface area contributed by atoms with Gasteiger partial charge in [0.2, 0.25) is 5.88 Å². The molecule has 0 radical (unpaired) electrons. The van der Waals surface area contributed by atoms with E-state index in [-0.39, 0.29) is 17.2 Å². The Balaban J connectivity index is 1.79. The van der Waals surface area contributed by atoms with Crippen molar-refractivity contribution in [3.8, 4) is 40.4 Å². The second-order valence-electron chi connectivity index (χ2n) is 5.97. The normalized spacial score (nSPS) is 11.0. The zero-order valence-corrected chi connectivity index (χ0v) is 15.5. The van der Waals surface area contributed by atoms with Gasteiger partial charge < -0.3 is 23.1 Å². The Bertz CT molecular complexity index is 1180. The Kier molecular flexibility index (Phi) is 4.91. The molecular weight excluding hydrogens is 372 g/mol. The number of benzene rings is 1. The summed E-state index contributed by atoms with van der Waals surface area (Å²) in [7, 11) is 0. The van der Waals surface area contributed by atoms with Crippen LogP contribution in [0.1, 0.15) is 18.1 Å².